The third kappa shape index (κ3) is 2.91. The summed E-state index contributed by atoms with van der Waals surface area (Å²) in [7, 11) is 0. The number of halogens is 3. The number of aromatic nitrogens is 2. The number of hydrogen-bond acceptors (Lipinski definition) is 4. The molecule has 126 valence electrons. The van der Waals surface area contributed by atoms with Gasteiger partial charge in [-0.3, -0.25) is 0 Å². The highest BCUT2D eigenvalue weighted by molar-refractivity contribution is 5.65. The van der Waals surface area contributed by atoms with Crippen LogP contribution >= 0.6 is 0 Å². The van der Waals surface area contributed by atoms with E-state index in [1.165, 1.54) is 4.90 Å². The van der Waals surface area contributed by atoms with Gasteiger partial charge in [-0.15, -0.1) is 0 Å². The molecule has 6 nitrogen and oxygen atoms in total. The second-order valence-corrected chi connectivity index (χ2v) is 6.19. The number of nitrogens with zero attached hydrogens (tertiary/aromatic N) is 4. The molecule has 9 heteroatoms. The van der Waals surface area contributed by atoms with Crippen molar-refractivity contribution >= 4 is 11.9 Å². The molecule has 1 aromatic heterocycles. The van der Waals surface area contributed by atoms with E-state index < -0.39 is 18.0 Å². The number of anilines is 1. The Hall–Kier alpha value is -2.06. The molecular weight excluding hydrogens is 313 g/mol. The van der Waals surface area contributed by atoms with Crippen molar-refractivity contribution in [3.8, 4) is 0 Å². The van der Waals surface area contributed by atoms with Crippen LogP contribution in [0.25, 0.3) is 0 Å². The van der Waals surface area contributed by atoms with E-state index in [4.69, 9.17) is 5.11 Å². The molecule has 3 heterocycles. The molecule has 1 N–H and O–H groups in total. The molecule has 0 radical (unpaired) electrons. The van der Waals surface area contributed by atoms with Crippen LogP contribution in [0.4, 0.5) is 23.8 Å². The van der Waals surface area contributed by atoms with Gasteiger partial charge < -0.3 is 14.9 Å². The normalized spacial score (nSPS) is 20.0. The van der Waals surface area contributed by atoms with Crippen LogP contribution in [-0.2, 0) is 12.6 Å². The first-order valence-electron chi connectivity index (χ1n) is 7.40. The van der Waals surface area contributed by atoms with Crippen LogP contribution in [0, 0.1) is 5.41 Å². The number of amides is 1. The molecule has 23 heavy (non-hydrogen) atoms. The quantitative estimate of drug-likeness (QED) is 0.901. The predicted octanol–water partition coefficient (Wildman–Crippen LogP) is 2.25. The Morgan fingerprint density at radius 2 is 2.04 bits per heavy atom. The maximum absolute atomic E-state index is 12.9. The van der Waals surface area contributed by atoms with Gasteiger partial charge in [0.05, 0.1) is 0 Å². The van der Waals surface area contributed by atoms with Crippen molar-refractivity contribution in [3.63, 3.8) is 0 Å². The average Bonchev–Trinajstić information content (AvgIpc) is 2.90. The second kappa shape index (κ2) is 5.24. The van der Waals surface area contributed by atoms with E-state index in [1.807, 2.05) is 0 Å². The zero-order valence-corrected chi connectivity index (χ0v) is 12.6. The van der Waals surface area contributed by atoms with Crippen LogP contribution in [0.1, 0.15) is 24.9 Å². The number of hydrogen-bond donors (Lipinski definition) is 1. The van der Waals surface area contributed by atoms with E-state index in [2.05, 4.69) is 9.97 Å². The lowest BCUT2D eigenvalue weighted by Gasteiger charge is -2.48. The molecule has 0 bridgehead atoms. The molecule has 0 saturated carbocycles. The SMILES string of the molecule is CCc1nc(N2CC3(CCN(C(=O)O)C3)C2)cc(C(F)(F)F)n1. The second-order valence-electron chi connectivity index (χ2n) is 6.19. The third-order valence-corrected chi connectivity index (χ3v) is 4.45. The van der Waals surface area contributed by atoms with Gasteiger partial charge in [0.1, 0.15) is 17.3 Å². The van der Waals surface area contributed by atoms with Gasteiger partial charge in [0.2, 0.25) is 0 Å². The van der Waals surface area contributed by atoms with Gasteiger partial charge >= 0.3 is 12.3 Å². The largest absolute Gasteiger partial charge is 0.465 e. The van der Waals surface area contributed by atoms with Crippen LogP contribution < -0.4 is 4.90 Å². The minimum Gasteiger partial charge on any atom is -0.465 e. The Bertz CT molecular complexity index is 629. The van der Waals surface area contributed by atoms with Crippen molar-refractivity contribution in [2.75, 3.05) is 31.1 Å². The molecule has 0 atom stereocenters. The summed E-state index contributed by atoms with van der Waals surface area (Å²) in [5.74, 6) is 0.429. The Balaban J connectivity index is 1.76. The first kappa shape index (κ1) is 15.8. The summed E-state index contributed by atoms with van der Waals surface area (Å²) in [5.41, 5.74) is -1.09. The minimum absolute atomic E-state index is 0.159. The van der Waals surface area contributed by atoms with Gasteiger partial charge in [0, 0.05) is 44.1 Å². The van der Waals surface area contributed by atoms with Gasteiger partial charge in [-0.25, -0.2) is 14.8 Å². The Morgan fingerprint density at radius 3 is 2.57 bits per heavy atom. The molecule has 0 aromatic carbocycles. The van der Waals surface area contributed by atoms with Crippen LogP contribution in [0.5, 0.6) is 0 Å². The van der Waals surface area contributed by atoms with Crippen molar-refractivity contribution in [1.82, 2.24) is 14.9 Å². The number of rotatable bonds is 2. The lowest BCUT2D eigenvalue weighted by Crippen LogP contribution is -2.58. The van der Waals surface area contributed by atoms with Crippen molar-refractivity contribution in [3.05, 3.63) is 17.6 Å². The van der Waals surface area contributed by atoms with E-state index in [1.54, 1.807) is 11.8 Å². The predicted molar refractivity (Wildman–Crippen MR) is 75.3 cm³/mol. The average molecular weight is 330 g/mol. The van der Waals surface area contributed by atoms with Crippen LogP contribution in [0.3, 0.4) is 0 Å². The molecule has 1 spiro atoms. The first-order chi connectivity index (χ1) is 10.7. The van der Waals surface area contributed by atoms with E-state index in [0.29, 0.717) is 32.6 Å². The zero-order chi connectivity index (χ0) is 16.8. The smallest absolute Gasteiger partial charge is 0.433 e. The summed E-state index contributed by atoms with van der Waals surface area (Å²) in [6, 6.07) is 0.968. The molecule has 1 aromatic rings. The molecule has 2 saturated heterocycles. The van der Waals surface area contributed by atoms with Gasteiger partial charge in [0.15, 0.2) is 0 Å². The van der Waals surface area contributed by atoms with E-state index in [0.717, 1.165) is 12.5 Å². The lowest BCUT2D eigenvalue weighted by atomic mass is 9.79. The van der Waals surface area contributed by atoms with Crippen molar-refractivity contribution in [2.24, 2.45) is 5.41 Å². The van der Waals surface area contributed by atoms with Gasteiger partial charge in [-0.2, -0.15) is 13.2 Å². The summed E-state index contributed by atoms with van der Waals surface area (Å²) >= 11 is 0. The van der Waals surface area contributed by atoms with Gasteiger partial charge in [-0.05, 0) is 6.42 Å². The number of carboxylic acid groups (broad SMARTS) is 1. The first-order valence-corrected chi connectivity index (χ1v) is 7.40. The molecule has 2 aliphatic rings. The van der Waals surface area contributed by atoms with E-state index in [-0.39, 0.29) is 17.1 Å². The summed E-state index contributed by atoms with van der Waals surface area (Å²) in [5, 5.41) is 9.01. The van der Waals surface area contributed by atoms with Crippen molar-refractivity contribution < 1.29 is 23.1 Å². The molecule has 3 rings (SSSR count). The topological polar surface area (TPSA) is 69.6 Å². The molecule has 0 unspecified atom stereocenters. The van der Waals surface area contributed by atoms with Gasteiger partial charge in [0.25, 0.3) is 0 Å². The number of carbonyl (C=O) groups is 1. The van der Waals surface area contributed by atoms with Gasteiger partial charge in [-0.1, -0.05) is 6.92 Å². The summed E-state index contributed by atoms with van der Waals surface area (Å²) in [6.45, 7) is 3.65. The molecular formula is C14H17F3N4O2. The Kier molecular flexibility index (Phi) is 3.61. The standard InChI is InChI=1S/C14H17F3N4O2/c1-2-10-18-9(14(15,16)17)5-11(19-10)21-7-13(8-21)3-4-20(6-13)12(22)23/h5H,2-4,6-8H2,1H3,(H,22,23). The van der Waals surface area contributed by atoms with Crippen LogP contribution in [0.2, 0.25) is 0 Å². The summed E-state index contributed by atoms with van der Waals surface area (Å²) in [6.07, 6.45) is -4.40. The van der Waals surface area contributed by atoms with Crippen molar-refractivity contribution in [2.45, 2.75) is 25.9 Å². The fourth-order valence-electron chi connectivity index (χ4n) is 3.23. The summed E-state index contributed by atoms with van der Waals surface area (Å²) in [4.78, 5) is 21.8. The minimum atomic E-state index is -4.50. The van der Waals surface area contributed by atoms with E-state index >= 15 is 0 Å². The fraction of sp³-hybridized carbons (Fsp3) is 0.643. The highest BCUT2D eigenvalue weighted by Crippen LogP contribution is 2.42. The molecule has 2 aliphatic heterocycles. The molecule has 2 fully saturated rings. The Morgan fingerprint density at radius 1 is 1.35 bits per heavy atom. The maximum Gasteiger partial charge on any atom is 0.433 e. The monoisotopic (exact) mass is 330 g/mol. The molecule has 0 aliphatic carbocycles. The molecule has 1 amide bonds. The van der Waals surface area contributed by atoms with Crippen LogP contribution in [0.15, 0.2) is 6.07 Å². The van der Waals surface area contributed by atoms with E-state index in [9.17, 15) is 18.0 Å². The number of likely N-dealkylation sites (tertiary alicyclic amines) is 1. The Labute approximate surface area is 130 Å². The van der Waals surface area contributed by atoms with Crippen molar-refractivity contribution in [1.29, 1.82) is 0 Å². The number of aryl methyl sites for hydroxylation is 1. The summed E-state index contributed by atoms with van der Waals surface area (Å²) < 4.78 is 38.8. The lowest BCUT2D eigenvalue weighted by molar-refractivity contribution is -0.141. The van der Waals surface area contributed by atoms with Crippen LogP contribution in [-0.4, -0.2) is 52.2 Å². The maximum atomic E-state index is 12.9. The fourth-order valence-corrected chi connectivity index (χ4v) is 3.23. The zero-order valence-electron chi connectivity index (χ0n) is 12.6. The highest BCUT2D eigenvalue weighted by atomic mass is 19.4. The highest BCUT2D eigenvalue weighted by Gasteiger charge is 2.49. The third-order valence-electron chi connectivity index (χ3n) is 4.45. The number of alkyl halides is 3.